The second kappa shape index (κ2) is 9.43. The third-order valence-corrected chi connectivity index (χ3v) is 4.26. The molecule has 2 atom stereocenters. The van der Waals surface area contributed by atoms with E-state index in [1.165, 1.54) is 0 Å². The van der Waals surface area contributed by atoms with Crippen molar-refractivity contribution < 1.29 is 9.53 Å². The molecular formula is C16H28BrNO2. The molecule has 3 nitrogen and oxygen atoms in total. The standard InChI is InChI=1S/C16H28BrNO2/c1-4-6-13(9-10-17)18-15-11-12(3)7-8-14(15)16(19)20-5-2/h12-13,18H,4-11H2,1-3H3/t12-,13-/m1/s1. The lowest BCUT2D eigenvalue weighted by Crippen LogP contribution is -2.33. The van der Waals surface area contributed by atoms with Crippen molar-refractivity contribution in [1.29, 1.82) is 0 Å². The molecule has 0 radical (unpaired) electrons. The summed E-state index contributed by atoms with van der Waals surface area (Å²) in [7, 11) is 0. The third kappa shape index (κ3) is 5.47. The molecule has 1 aliphatic carbocycles. The van der Waals surface area contributed by atoms with Gasteiger partial charge in [-0.25, -0.2) is 4.79 Å². The van der Waals surface area contributed by atoms with Gasteiger partial charge in [0, 0.05) is 17.1 Å². The average Bonchev–Trinajstić information content (AvgIpc) is 2.39. The topological polar surface area (TPSA) is 38.3 Å². The largest absolute Gasteiger partial charge is 0.463 e. The molecule has 1 aliphatic rings. The van der Waals surface area contributed by atoms with Gasteiger partial charge in [0.25, 0.3) is 0 Å². The van der Waals surface area contributed by atoms with Crippen LogP contribution in [0.3, 0.4) is 0 Å². The number of carbonyl (C=O) groups is 1. The summed E-state index contributed by atoms with van der Waals surface area (Å²) in [6.45, 7) is 6.77. The molecule has 0 aromatic rings. The molecule has 1 rings (SSSR count). The summed E-state index contributed by atoms with van der Waals surface area (Å²) in [5, 5.41) is 4.61. The zero-order valence-electron chi connectivity index (χ0n) is 13.0. The summed E-state index contributed by atoms with van der Waals surface area (Å²) in [5.41, 5.74) is 2.00. The van der Waals surface area contributed by atoms with Gasteiger partial charge >= 0.3 is 5.97 Å². The Morgan fingerprint density at radius 1 is 1.45 bits per heavy atom. The first-order valence-electron chi connectivity index (χ1n) is 7.83. The minimum Gasteiger partial charge on any atom is -0.463 e. The normalized spacial score (nSPS) is 20.7. The molecule has 0 aromatic carbocycles. The van der Waals surface area contributed by atoms with Gasteiger partial charge in [0.05, 0.1) is 12.2 Å². The number of hydrogen-bond donors (Lipinski definition) is 1. The predicted octanol–water partition coefficient (Wildman–Crippen LogP) is 4.17. The van der Waals surface area contributed by atoms with Crippen molar-refractivity contribution >= 4 is 21.9 Å². The zero-order valence-corrected chi connectivity index (χ0v) is 14.6. The number of nitrogens with one attached hydrogen (secondary N) is 1. The maximum Gasteiger partial charge on any atom is 0.335 e. The summed E-state index contributed by atoms with van der Waals surface area (Å²) in [4.78, 5) is 12.1. The molecule has 0 unspecified atom stereocenters. The number of allylic oxidation sites excluding steroid dienone is 1. The Labute approximate surface area is 131 Å². The van der Waals surface area contributed by atoms with Crippen molar-refractivity contribution in [3.8, 4) is 0 Å². The Morgan fingerprint density at radius 3 is 2.80 bits per heavy atom. The molecule has 0 spiro atoms. The minimum absolute atomic E-state index is 0.129. The molecule has 0 amide bonds. The second-order valence-corrected chi connectivity index (χ2v) is 6.43. The van der Waals surface area contributed by atoms with Gasteiger partial charge in [0.2, 0.25) is 0 Å². The molecule has 0 bridgehead atoms. The van der Waals surface area contributed by atoms with E-state index in [0.717, 1.165) is 55.1 Å². The van der Waals surface area contributed by atoms with Crippen molar-refractivity contribution in [3.05, 3.63) is 11.3 Å². The van der Waals surface area contributed by atoms with Gasteiger partial charge in [-0.15, -0.1) is 0 Å². The van der Waals surface area contributed by atoms with Crippen LogP contribution >= 0.6 is 15.9 Å². The molecular weight excluding hydrogens is 318 g/mol. The Morgan fingerprint density at radius 2 is 2.20 bits per heavy atom. The number of halogens is 1. The highest BCUT2D eigenvalue weighted by Gasteiger charge is 2.25. The maximum absolute atomic E-state index is 12.1. The molecule has 0 aliphatic heterocycles. The first-order chi connectivity index (χ1) is 9.62. The van der Waals surface area contributed by atoms with Crippen molar-refractivity contribution in [2.24, 2.45) is 5.92 Å². The summed E-state index contributed by atoms with van der Waals surface area (Å²) >= 11 is 3.52. The van der Waals surface area contributed by atoms with E-state index in [1.807, 2.05) is 6.92 Å². The van der Waals surface area contributed by atoms with Crippen LogP contribution < -0.4 is 5.32 Å². The quantitative estimate of drug-likeness (QED) is 0.530. The zero-order chi connectivity index (χ0) is 15.0. The van der Waals surface area contributed by atoms with E-state index in [0.29, 0.717) is 18.6 Å². The summed E-state index contributed by atoms with van der Waals surface area (Å²) < 4.78 is 5.20. The van der Waals surface area contributed by atoms with E-state index in [1.54, 1.807) is 0 Å². The second-order valence-electron chi connectivity index (χ2n) is 5.63. The van der Waals surface area contributed by atoms with Gasteiger partial charge in [-0.3, -0.25) is 0 Å². The average molecular weight is 346 g/mol. The molecule has 0 heterocycles. The van der Waals surface area contributed by atoms with E-state index < -0.39 is 0 Å². The summed E-state index contributed by atoms with van der Waals surface area (Å²) in [6, 6.07) is 0.448. The van der Waals surface area contributed by atoms with E-state index in [-0.39, 0.29) is 5.97 Å². The van der Waals surface area contributed by atoms with Gasteiger partial charge in [-0.1, -0.05) is 36.2 Å². The number of alkyl halides is 1. The van der Waals surface area contributed by atoms with E-state index in [2.05, 4.69) is 35.1 Å². The van der Waals surface area contributed by atoms with Crippen LogP contribution in [0.4, 0.5) is 0 Å². The Bertz CT molecular complexity index is 335. The molecule has 0 saturated carbocycles. The fraction of sp³-hybridized carbons (Fsp3) is 0.812. The number of esters is 1. The highest BCUT2D eigenvalue weighted by atomic mass is 79.9. The van der Waals surface area contributed by atoms with Crippen LogP contribution in [0, 0.1) is 5.92 Å². The van der Waals surface area contributed by atoms with Crippen molar-refractivity contribution in [1.82, 2.24) is 5.32 Å². The monoisotopic (exact) mass is 345 g/mol. The minimum atomic E-state index is -0.129. The van der Waals surface area contributed by atoms with Crippen molar-refractivity contribution in [2.75, 3.05) is 11.9 Å². The van der Waals surface area contributed by atoms with Crippen molar-refractivity contribution in [3.63, 3.8) is 0 Å². The van der Waals surface area contributed by atoms with Crippen LogP contribution in [0.5, 0.6) is 0 Å². The lowest BCUT2D eigenvalue weighted by molar-refractivity contribution is -0.138. The van der Waals surface area contributed by atoms with Crippen LogP contribution in [0.1, 0.15) is 59.3 Å². The molecule has 20 heavy (non-hydrogen) atoms. The fourth-order valence-corrected chi connectivity index (χ4v) is 3.27. The van der Waals surface area contributed by atoms with E-state index in [4.69, 9.17) is 4.74 Å². The van der Waals surface area contributed by atoms with Gasteiger partial charge in [0.1, 0.15) is 0 Å². The molecule has 1 N–H and O–H groups in total. The van der Waals surface area contributed by atoms with Crippen LogP contribution in [-0.4, -0.2) is 23.9 Å². The number of rotatable bonds is 8. The number of ether oxygens (including phenoxy) is 1. The Hall–Kier alpha value is -0.510. The van der Waals surface area contributed by atoms with E-state index in [9.17, 15) is 4.79 Å². The van der Waals surface area contributed by atoms with Crippen molar-refractivity contribution in [2.45, 2.75) is 65.3 Å². The molecule has 116 valence electrons. The van der Waals surface area contributed by atoms with Gasteiger partial charge in [0.15, 0.2) is 0 Å². The van der Waals surface area contributed by atoms with Gasteiger partial charge in [-0.2, -0.15) is 0 Å². The first kappa shape index (κ1) is 17.5. The Balaban J connectivity index is 2.83. The lowest BCUT2D eigenvalue weighted by atomic mass is 9.87. The highest BCUT2D eigenvalue weighted by Crippen LogP contribution is 2.29. The van der Waals surface area contributed by atoms with Crippen LogP contribution in [-0.2, 0) is 9.53 Å². The van der Waals surface area contributed by atoms with Crippen LogP contribution in [0.15, 0.2) is 11.3 Å². The third-order valence-electron chi connectivity index (χ3n) is 3.80. The first-order valence-corrected chi connectivity index (χ1v) is 8.96. The summed E-state index contributed by atoms with van der Waals surface area (Å²) in [5.74, 6) is 0.512. The van der Waals surface area contributed by atoms with Crippen LogP contribution in [0.2, 0.25) is 0 Å². The molecule has 4 heteroatoms. The lowest BCUT2D eigenvalue weighted by Gasteiger charge is -2.28. The van der Waals surface area contributed by atoms with Gasteiger partial charge < -0.3 is 10.1 Å². The van der Waals surface area contributed by atoms with Gasteiger partial charge in [-0.05, 0) is 44.9 Å². The maximum atomic E-state index is 12.1. The summed E-state index contributed by atoms with van der Waals surface area (Å²) in [6.07, 6.45) is 6.27. The van der Waals surface area contributed by atoms with E-state index >= 15 is 0 Å². The SMILES string of the molecule is CCC[C@H](CCBr)NC1=C(C(=O)OCC)CC[C@@H](C)C1. The Kier molecular flexibility index (Phi) is 8.27. The number of carbonyl (C=O) groups excluding carboxylic acids is 1. The number of hydrogen-bond acceptors (Lipinski definition) is 3. The van der Waals surface area contributed by atoms with Crippen LogP contribution in [0.25, 0.3) is 0 Å². The predicted molar refractivity (Wildman–Crippen MR) is 86.9 cm³/mol. The molecule has 0 aromatic heterocycles. The highest BCUT2D eigenvalue weighted by molar-refractivity contribution is 9.09. The molecule has 0 fully saturated rings. The fourth-order valence-electron chi connectivity index (χ4n) is 2.72. The molecule has 0 saturated heterocycles. The smallest absolute Gasteiger partial charge is 0.335 e.